The van der Waals surface area contributed by atoms with E-state index >= 15 is 0 Å². The number of carboxylic acid groups (broad SMARTS) is 1. The minimum Gasteiger partial charge on any atom is -0.755 e. The average molecular weight is 477 g/mol. The summed E-state index contributed by atoms with van der Waals surface area (Å²) < 4.78 is 30.9. The van der Waals surface area contributed by atoms with Crippen LogP contribution < -0.4 is 4.31 Å². The van der Waals surface area contributed by atoms with Crippen LogP contribution in [0.25, 0.3) is 11.0 Å². The molecule has 4 rings (SSSR count). The highest BCUT2D eigenvalue weighted by Gasteiger charge is 2.49. The average Bonchev–Trinajstić information content (AvgIpc) is 3.20. The van der Waals surface area contributed by atoms with Gasteiger partial charge < -0.3 is 19.0 Å². The summed E-state index contributed by atoms with van der Waals surface area (Å²) in [6, 6.07) is 2.78. The predicted molar refractivity (Wildman–Crippen MR) is 119 cm³/mol. The Bertz CT molecular complexity index is 1160. The van der Waals surface area contributed by atoms with Gasteiger partial charge in [0.05, 0.1) is 5.69 Å². The summed E-state index contributed by atoms with van der Waals surface area (Å²) in [6.07, 6.45) is 3.52. The Morgan fingerprint density at radius 2 is 2.00 bits per heavy atom. The number of rotatable bonds is 7. The summed E-state index contributed by atoms with van der Waals surface area (Å²) in [5, 5.41) is 10.7. The lowest BCUT2D eigenvalue weighted by Crippen LogP contribution is -2.46. The molecule has 1 saturated heterocycles. The molecular weight excluding hydrogens is 450 g/mol. The van der Waals surface area contributed by atoms with Crippen LogP contribution in [-0.2, 0) is 33.7 Å². The molecule has 0 saturated carbocycles. The number of hydrogen-bond donors (Lipinski definition) is 1. The maximum absolute atomic E-state index is 12.6. The molecule has 1 N–H and O–H groups in total. The van der Waals surface area contributed by atoms with Crippen LogP contribution in [0.5, 0.6) is 0 Å². The summed E-state index contributed by atoms with van der Waals surface area (Å²) in [7, 11) is 1.49. The lowest BCUT2D eigenvalue weighted by molar-refractivity contribution is -0.139. The number of amides is 3. The van der Waals surface area contributed by atoms with E-state index in [1.807, 2.05) is 0 Å². The number of carbonyl (C=O) groups is 3. The second kappa shape index (κ2) is 8.45. The van der Waals surface area contributed by atoms with Crippen LogP contribution in [0.3, 0.4) is 0 Å². The molecule has 2 heterocycles. The normalized spacial score (nSPS) is 19.6. The van der Waals surface area contributed by atoms with Crippen molar-refractivity contribution in [2.75, 3.05) is 17.9 Å². The summed E-state index contributed by atoms with van der Waals surface area (Å²) in [5.41, 5.74) is 0.712. The van der Waals surface area contributed by atoms with Crippen molar-refractivity contribution in [3.05, 3.63) is 29.5 Å². The molecule has 1 aliphatic heterocycles. The molecule has 0 radical (unpaired) electrons. The molecule has 33 heavy (non-hydrogen) atoms. The molecule has 1 fully saturated rings. The predicted octanol–water partition coefficient (Wildman–Crippen LogP) is 2.43. The van der Waals surface area contributed by atoms with E-state index in [2.05, 4.69) is 0 Å². The number of imide groups is 1. The third-order valence-electron chi connectivity index (χ3n) is 6.67. The van der Waals surface area contributed by atoms with E-state index < -0.39 is 40.8 Å². The fraction of sp³-hybridized carbons (Fsp3) is 0.500. The molecule has 1 aliphatic carbocycles. The monoisotopic (exact) mass is 476 g/mol. The summed E-state index contributed by atoms with van der Waals surface area (Å²) >= 11 is -2.92. The number of anilines is 1. The number of carboxylic acids is 1. The first-order valence-corrected chi connectivity index (χ1v) is 11.8. The highest BCUT2D eigenvalue weighted by Crippen LogP contribution is 2.35. The van der Waals surface area contributed by atoms with Gasteiger partial charge in [-0.25, -0.2) is 9.59 Å². The topological polar surface area (TPSA) is 134 Å². The second-order valence-electron chi connectivity index (χ2n) is 8.93. The minimum absolute atomic E-state index is 0.144. The SMILES string of the molecule is CN1C(=O)N(CCC(C(=O)O)N(c2ccc3c4c(oc3c2)CCCC4)S(=O)[O-])C(=O)C1(C)C. The number of hydrogen-bond acceptors (Lipinski definition) is 6. The summed E-state index contributed by atoms with van der Waals surface area (Å²) in [5.74, 6) is -0.961. The van der Waals surface area contributed by atoms with Gasteiger partial charge in [0.25, 0.3) is 5.91 Å². The van der Waals surface area contributed by atoms with Gasteiger partial charge in [0.2, 0.25) is 0 Å². The zero-order valence-corrected chi connectivity index (χ0v) is 19.5. The van der Waals surface area contributed by atoms with Gasteiger partial charge in [-0.3, -0.25) is 18.2 Å². The zero-order chi connectivity index (χ0) is 24.1. The fourth-order valence-electron chi connectivity index (χ4n) is 4.53. The van der Waals surface area contributed by atoms with Crippen molar-refractivity contribution in [1.82, 2.24) is 9.80 Å². The van der Waals surface area contributed by atoms with Crippen LogP contribution in [0, 0.1) is 0 Å². The largest absolute Gasteiger partial charge is 0.755 e. The number of carbonyl (C=O) groups excluding carboxylic acids is 2. The lowest BCUT2D eigenvalue weighted by atomic mass is 9.96. The Labute approximate surface area is 193 Å². The molecule has 178 valence electrons. The van der Waals surface area contributed by atoms with Crippen LogP contribution in [0.2, 0.25) is 0 Å². The Morgan fingerprint density at radius 1 is 1.30 bits per heavy atom. The van der Waals surface area contributed by atoms with Gasteiger partial charge in [-0.2, -0.15) is 0 Å². The summed E-state index contributed by atoms with van der Waals surface area (Å²) in [6.45, 7) is 2.96. The number of likely N-dealkylation sites (N-methyl/N-ethyl adjacent to an activating group) is 1. The smallest absolute Gasteiger partial charge is 0.327 e. The van der Waals surface area contributed by atoms with E-state index in [0.29, 0.717) is 5.58 Å². The third kappa shape index (κ3) is 3.89. The molecule has 0 spiro atoms. The van der Waals surface area contributed by atoms with E-state index in [9.17, 15) is 28.3 Å². The molecule has 1 aromatic heterocycles. The number of aryl methyl sites for hydroxylation is 2. The summed E-state index contributed by atoms with van der Waals surface area (Å²) in [4.78, 5) is 39.4. The number of urea groups is 1. The van der Waals surface area contributed by atoms with Crippen molar-refractivity contribution in [3.63, 3.8) is 0 Å². The van der Waals surface area contributed by atoms with Gasteiger partial charge in [0.15, 0.2) is 0 Å². The van der Waals surface area contributed by atoms with Crippen molar-refractivity contribution in [3.8, 4) is 0 Å². The molecule has 2 aromatic rings. The van der Waals surface area contributed by atoms with Crippen molar-refractivity contribution in [2.24, 2.45) is 0 Å². The van der Waals surface area contributed by atoms with Gasteiger partial charge in [0, 0.05) is 48.3 Å². The molecular formula is C22H26N3O7S-. The number of furan rings is 1. The van der Waals surface area contributed by atoms with Gasteiger partial charge in [0.1, 0.15) is 22.9 Å². The van der Waals surface area contributed by atoms with E-state index in [-0.39, 0.29) is 18.7 Å². The van der Waals surface area contributed by atoms with Crippen LogP contribution in [0.1, 0.15) is 44.4 Å². The fourth-order valence-corrected chi connectivity index (χ4v) is 5.22. The van der Waals surface area contributed by atoms with Crippen molar-refractivity contribution >= 4 is 45.8 Å². The van der Waals surface area contributed by atoms with E-state index in [1.165, 1.54) is 18.0 Å². The lowest BCUT2D eigenvalue weighted by Gasteiger charge is -2.32. The molecule has 2 atom stereocenters. The molecule has 3 amide bonds. The van der Waals surface area contributed by atoms with Gasteiger partial charge >= 0.3 is 12.0 Å². The van der Waals surface area contributed by atoms with Gasteiger partial charge in [-0.05, 0) is 51.7 Å². The first-order chi connectivity index (χ1) is 15.5. The van der Waals surface area contributed by atoms with Crippen molar-refractivity contribution in [1.29, 1.82) is 0 Å². The number of nitrogens with zero attached hydrogens (tertiary/aromatic N) is 3. The molecule has 1 aromatic carbocycles. The number of aliphatic carboxylic acids is 1. The molecule has 0 bridgehead atoms. The van der Waals surface area contributed by atoms with E-state index in [0.717, 1.165) is 51.6 Å². The highest BCUT2D eigenvalue weighted by molar-refractivity contribution is 7.80. The van der Waals surface area contributed by atoms with Crippen molar-refractivity contribution < 1.29 is 32.7 Å². The first-order valence-electron chi connectivity index (χ1n) is 10.8. The van der Waals surface area contributed by atoms with Crippen LogP contribution >= 0.6 is 0 Å². The van der Waals surface area contributed by atoms with Crippen LogP contribution in [-0.4, -0.2) is 66.7 Å². The highest BCUT2D eigenvalue weighted by atomic mass is 32.2. The zero-order valence-electron chi connectivity index (χ0n) is 18.7. The van der Waals surface area contributed by atoms with E-state index in [1.54, 1.807) is 26.0 Å². The standard InChI is InChI=1S/C22H27N3O7S/c1-22(2)20(28)24(21(29)23(22)3)11-10-16(19(26)27)25(33(30)31)13-8-9-15-14-6-4-5-7-17(14)32-18(15)12-13/h8-9,12,16H,4-7,10-11H2,1-3H3,(H,26,27)(H,30,31)/p-1. The Morgan fingerprint density at radius 3 is 2.61 bits per heavy atom. The quantitative estimate of drug-likeness (QED) is 0.479. The molecule has 2 unspecified atom stereocenters. The Balaban J connectivity index is 1.62. The molecule has 10 nitrogen and oxygen atoms in total. The first kappa shape index (κ1) is 23.2. The minimum atomic E-state index is -2.92. The van der Waals surface area contributed by atoms with Gasteiger partial charge in [-0.15, -0.1) is 0 Å². The van der Waals surface area contributed by atoms with Gasteiger partial charge in [-0.1, -0.05) is 0 Å². The maximum atomic E-state index is 12.6. The van der Waals surface area contributed by atoms with Crippen LogP contribution in [0.4, 0.5) is 10.5 Å². The van der Waals surface area contributed by atoms with Crippen LogP contribution in [0.15, 0.2) is 22.6 Å². The molecule has 11 heteroatoms. The van der Waals surface area contributed by atoms with Crippen molar-refractivity contribution in [2.45, 2.75) is 57.5 Å². The second-order valence-corrected chi connectivity index (χ2v) is 9.76. The van der Waals surface area contributed by atoms with E-state index in [4.69, 9.17) is 4.42 Å². The number of fused-ring (bicyclic) bond motifs is 3. The maximum Gasteiger partial charge on any atom is 0.327 e. The number of benzene rings is 1. The third-order valence-corrected chi connectivity index (χ3v) is 7.46. The Hall–Kier alpha value is -2.92. The molecule has 2 aliphatic rings. The Kier molecular flexibility index (Phi) is 5.95.